The molecule has 1 aliphatic carbocycles. The third-order valence-electron chi connectivity index (χ3n) is 3.40. The van der Waals surface area contributed by atoms with Crippen molar-refractivity contribution < 1.29 is 4.79 Å². The molecule has 1 N–H and O–H groups in total. The van der Waals surface area contributed by atoms with Crippen LogP contribution in [0.2, 0.25) is 5.02 Å². The van der Waals surface area contributed by atoms with Crippen LogP contribution in [0.15, 0.2) is 18.2 Å². The second-order valence-corrected chi connectivity index (χ2v) is 5.99. The Balaban J connectivity index is 1.91. The number of nitrogens with one attached hydrogen (secondary N) is 1. The monoisotopic (exact) mass is 285 g/mol. The smallest absolute Gasteiger partial charge is 0.252 e. The van der Waals surface area contributed by atoms with E-state index < -0.39 is 0 Å². The third-order valence-corrected chi connectivity index (χ3v) is 4.11. The fourth-order valence-corrected chi connectivity index (χ4v) is 3.03. The molecule has 0 aromatic heterocycles. The Hall–Kier alpha value is -0.730. The summed E-state index contributed by atoms with van der Waals surface area (Å²) in [5.74, 6) is 0.402. The highest BCUT2D eigenvalue weighted by Crippen LogP contribution is 2.28. The van der Waals surface area contributed by atoms with Crippen molar-refractivity contribution in [3.63, 3.8) is 0 Å². The fourth-order valence-electron chi connectivity index (χ4n) is 2.34. The van der Waals surface area contributed by atoms with Gasteiger partial charge in [-0.15, -0.1) is 11.6 Å². The quantitative estimate of drug-likeness (QED) is 0.842. The predicted molar refractivity (Wildman–Crippen MR) is 75.5 cm³/mol. The first-order chi connectivity index (χ1) is 8.56. The molecule has 2 rings (SSSR count). The van der Waals surface area contributed by atoms with Crippen molar-refractivity contribution in [3.05, 3.63) is 34.3 Å². The normalized spacial score (nSPS) is 23.1. The molecule has 1 saturated carbocycles. The van der Waals surface area contributed by atoms with Crippen LogP contribution >= 0.6 is 23.2 Å². The van der Waals surface area contributed by atoms with Crippen molar-refractivity contribution >= 4 is 29.1 Å². The van der Waals surface area contributed by atoms with E-state index in [0.29, 0.717) is 23.0 Å². The van der Waals surface area contributed by atoms with Gasteiger partial charge >= 0.3 is 0 Å². The van der Waals surface area contributed by atoms with Crippen LogP contribution in [0.5, 0.6) is 0 Å². The lowest BCUT2D eigenvalue weighted by Crippen LogP contribution is -2.28. The number of halogens is 2. The molecule has 0 heterocycles. The van der Waals surface area contributed by atoms with Crippen molar-refractivity contribution in [3.8, 4) is 0 Å². The maximum atomic E-state index is 12.0. The summed E-state index contributed by atoms with van der Waals surface area (Å²) in [6.45, 7) is 2.64. The van der Waals surface area contributed by atoms with Gasteiger partial charge in [0.1, 0.15) is 0 Å². The molecule has 1 aliphatic rings. The van der Waals surface area contributed by atoms with Crippen molar-refractivity contribution in [2.45, 2.75) is 31.6 Å². The lowest BCUT2D eigenvalue weighted by Gasteiger charge is -2.11. The number of amides is 1. The summed E-state index contributed by atoms with van der Waals surface area (Å²) in [4.78, 5) is 12.0. The van der Waals surface area contributed by atoms with Crippen molar-refractivity contribution in [2.75, 3.05) is 6.54 Å². The molecule has 18 heavy (non-hydrogen) atoms. The molecule has 0 spiro atoms. The number of benzene rings is 1. The highest BCUT2D eigenvalue weighted by Gasteiger charge is 2.23. The van der Waals surface area contributed by atoms with Crippen molar-refractivity contribution in [1.82, 2.24) is 5.32 Å². The average Bonchev–Trinajstić information content (AvgIpc) is 2.72. The minimum atomic E-state index is -0.0991. The predicted octanol–water partition coefficient (Wildman–Crippen LogP) is 3.79. The number of hydrogen-bond donors (Lipinski definition) is 1. The van der Waals surface area contributed by atoms with E-state index in [1.807, 2.05) is 13.0 Å². The van der Waals surface area contributed by atoms with Crippen LogP contribution < -0.4 is 5.32 Å². The third kappa shape index (κ3) is 3.39. The highest BCUT2D eigenvalue weighted by atomic mass is 35.5. The van der Waals surface area contributed by atoms with Gasteiger partial charge in [-0.1, -0.05) is 17.7 Å². The molecule has 0 saturated heterocycles. The Morgan fingerprint density at radius 3 is 2.83 bits per heavy atom. The first-order valence-corrected chi connectivity index (χ1v) is 7.06. The van der Waals surface area contributed by atoms with Gasteiger partial charge in [0.05, 0.1) is 10.6 Å². The largest absolute Gasteiger partial charge is 0.352 e. The summed E-state index contributed by atoms with van der Waals surface area (Å²) >= 11 is 12.1. The molecule has 2 unspecified atom stereocenters. The lowest BCUT2D eigenvalue weighted by molar-refractivity contribution is 0.0947. The molecular formula is C14H17Cl2NO. The molecule has 0 radical (unpaired) electrons. The number of rotatable bonds is 3. The van der Waals surface area contributed by atoms with Gasteiger partial charge in [0, 0.05) is 11.9 Å². The van der Waals surface area contributed by atoms with Gasteiger partial charge in [-0.2, -0.15) is 0 Å². The van der Waals surface area contributed by atoms with E-state index in [2.05, 4.69) is 5.32 Å². The Labute approximate surface area is 118 Å². The summed E-state index contributed by atoms with van der Waals surface area (Å²) in [7, 11) is 0. The van der Waals surface area contributed by atoms with Crippen molar-refractivity contribution in [2.24, 2.45) is 5.92 Å². The number of aryl methyl sites for hydroxylation is 1. The minimum Gasteiger partial charge on any atom is -0.352 e. The van der Waals surface area contributed by atoms with Gasteiger partial charge in [0.2, 0.25) is 0 Å². The number of hydrogen-bond acceptors (Lipinski definition) is 1. The zero-order valence-electron chi connectivity index (χ0n) is 10.4. The van der Waals surface area contributed by atoms with Gasteiger partial charge in [-0.25, -0.2) is 0 Å². The summed E-state index contributed by atoms with van der Waals surface area (Å²) in [6.07, 6.45) is 3.13. The standard InChI is InChI=1S/C14H17Cl2NO/c1-9-2-5-12(13(16)6-9)14(18)17-8-10-3-4-11(15)7-10/h2,5-6,10-11H,3-4,7-8H2,1H3,(H,17,18). The second kappa shape index (κ2) is 5.94. The van der Waals surface area contributed by atoms with Crippen LogP contribution in [0.3, 0.4) is 0 Å². The Kier molecular flexibility index (Phi) is 4.52. The summed E-state index contributed by atoms with van der Waals surface area (Å²) in [6, 6.07) is 5.47. The fraction of sp³-hybridized carbons (Fsp3) is 0.500. The number of carbonyl (C=O) groups is 1. The minimum absolute atomic E-state index is 0.0991. The average molecular weight is 286 g/mol. The van der Waals surface area contributed by atoms with E-state index in [4.69, 9.17) is 23.2 Å². The molecule has 1 aromatic rings. The molecule has 0 aliphatic heterocycles. The molecular weight excluding hydrogens is 269 g/mol. The van der Waals surface area contributed by atoms with Gasteiger partial charge in [-0.3, -0.25) is 4.79 Å². The van der Waals surface area contributed by atoms with Crippen LogP contribution in [0, 0.1) is 12.8 Å². The molecule has 0 bridgehead atoms. The molecule has 98 valence electrons. The molecule has 1 aromatic carbocycles. The van der Waals surface area contributed by atoms with Crippen LogP contribution in [-0.2, 0) is 0 Å². The molecule has 2 atom stereocenters. The van der Waals surface area contributed by atoms with Gasteiger partial charge in [-0.05, 0) is 49.8 Å². The van der Waals surface area contributed by atoms with E-state index in [-0.39, 0.29) is 11.3 Å². The summed E-state index contributed by atoms with van der Waals surface area (Å²) in [5, 5.41) is 3.72. The highest BCUT2D eigenvalue weighted by molar-refractivity contribution is 6.33. The van der Waals surface area contributed by atoms with Crippen LogP contribution in [0.4, 0.5) is 0 Å². The SMILES string of the molecule is Cc1ccc(C(=O)NCC2CCC(Cl)C2)c(Cl)c1. The number of alkyl halides is 1. The van der Waals surface area contributed by atoms with Crippen LogP contribution in [-0.4, -0.2) is 17.8 Å². The Bertz CT molecular complexity index is 447. The van der Waals surface area contributed by atoms with E-state index >= 15 is 0 Å². The topological polar surface area (TPSA) is 29.1 Å². The maximum absolute atomic E-state index is 12.0. The second-order valence-electron chi connectivity index (χ2n) is 4.97. The molecule has 1 amide bonds. The van der Waals surface area contributed by atoms with Gasteiger partial charge in [0.15, 0.2) is 0 Å². The molecule has 1 fully saturated rings. The zero-order valence-corrected chi connectivity index (χ0v) is 11.9. The summed E-state index contributed by atoms with van der Waals surface area (Å²) in [5.41, 5.74) is 1.60. The van der Waals surface area contributed by atoms with Gasteiger partial charge in [0.25, 0.3) is 5.91 Å². The van der Waals surface area contributed by atoms with Crippen LogP contribution in [0.25, 0.3) is 0 Å². The van der Waals surface area contributed by atoms with E-state index in [9.17, 15) is 4.79 Å². The Morgan fingerprint density at radius 1 is 1.44 bits per heavy atom. The summed E-state index contributed by atoms with van der Waals surface area (Å²) < 4.78 is 0. The first-order valence-electron chi connectivity index (χ1n) is 6.24. The van der Waals surface area contributed by atoms with Gasteiger partial charge < -0.3 is 5.32 Å². The van der Waals surface area contributed by atoms with E-state index in [0.717, 1.165) is 24.8 Å². The lowest BCUT2D eigenvalue weighted by atomic mass is 10.1. The first kappa shape index (κ1) is 13.7. The van der Waals surface area contributed by atoms with E-state index in [1.54, 1.807) is 12.1 Å². The van der Waals surface area contributed by atoms with Crippen LogP contribution in [0.1, 0.15) is 35.2 Å². The van der Waals surface area contributed by atoms with Crippen molar-refractivity contribution in [1.29, 1.82) is 0 Å². The molecule has 2 nitrogen and oxygen atoms in total. The maximum Gasteiger partial charge on any atom is 0.252 e. The zero-order chi connectivity index (χ0) is 13.1. The molecule has 4 heteroatoms. The number of carbonyl (C=O) groups excluding carboxylic acids is 1. The van der Waals surface area contributed by atoms with E-state index in [1.165, 1.54) is 0 Å². The Morgan fingerprint density at radius 2 is 2.22 bits per heavy atom.